The molecule has 1 aliphatic rings. The predicted molar refractivity (Wildman–Crippen MR) is 69.9 cm³/mol. The lowest BCUT2D eigenvalue weighted by atomic mass is 9.91. The van der Waals surface area contributed by atoms with E-state index in [0.717, 1.165) is 29.8 Å². The van der Waals surface area contributed by atoms with Crippen LogP contribution in [0.15, 0.2) is 24.3 Å². The molecule has 2 atom stereocenters. The lowest BCUT2D eigenvalue weighted by Gasteiger charge is -2.29. The molecular weight excluding hydrogens is 212 g/mol. The molecule has 3 rings (SSSR count). The highest BCUT2D eigenvalue weighted by atomic mass is 15.1. The first-order valence-corrected chi connectivity index (χ1v) is 6.30. The number of benzene rings is 1. The highest BCUT2D eigenvalue weighted by Gasteiger charge is 2.22. The lowest BCUT2D eigenvalue weighted by molar-refractivity contribution is 0.403. The molecule has 1 heterocycles. The number of aromatic amines is 1. The Kier molecular flexibility index (Phi) is 2.73. The largest absolute Gasteiger partial charge is 0.352 e. The van der Waals surface area contributed by atoms with Crippen LogP contribution in [0.5, 0.6) is 0 Å². The molecule has 1 aliphatic carbocycles. The van der Waals surface area contributed by atoms with Gasteiger partial charge in [0.05, 0.1) is 11.0 Å². The third kappa shape index (κ3) is 2.13. The van der Waals surface area contributed by atoms with E-state index in [9.17, 15) is 0 Å². The van der Waals surface area contributed by atoms with Crippen molar-refractivity contribution in [2.24, 2.45) is 5.73 Å². The van der Waals surface area contributed by atoms with Gasteiger partial charge in [0, 0.05) is 12.1 Å². The third-order valence-electron chi connectivity index (χ3n) is 3.53. The molecule has 0 radical (unpaired) electrons. The maximum Gasteiger partial charge on any atom is 0.201 e. The Morgan fingerprint density at radius 1 is 1.24 bits per heavy atom. The van der Waals surface area contributed by atoms with Crippen LogP contribution < -0.4 is 11.1 Å². The molecule has 0 unspecified atom stereocenters. The van der Waals surface area contributed by atoms with Crippen molar-refractivity contribution >= 4 is 17.0 Å². The van der Waals surface area contributed by atoms with Crippen LogP contribution in [0, 0.1) is 0 Å². The van der Waals surface area contributed by atoms with Gasteiger partial charge >= 0.3 is 0 Å². The van der Waals surface area contributed by atoms with Crippen LogP contribution in [0.1, 0.15) is 25.7 Å². The Bertz CT molecular complexity index is 472. The first kappa shape index (κ1) is 10.6. The first-order chi connectivity index (χ1) is 8.33. The molecule has 4 heteroatoms. The number of H-pyrrole nitrogens is 1. The monoisotopic (exact) mass is 230 g/mol. The van der Waals surface area contributed by atoms with Gasteiger partial charge in [0.15, 0.2) is 0 Å². The summed E-state index contributed by atoms with van der Waals surface area (Å²) in [6.45, 7) is 0. The number of nitrogens with two attached hydrogens (primary N) is 1. The lowest BCUT2D eigenvalue weighted by Crippen LogP contribution is -2.42. The molecule has 1 fully saturated rings. The zero-order valence-electron chi connectivity index (χ0n) is 9.82. The van der Waals surface area contributed by atoms with E-state index in [1.54, 1.807) is 0 Å². The minimum absolute atomic E-state index is 0.247. The number of hydrogen-bond acceptors (Lipinski definition) is 3. The smallest absolute Gasteiger partial charge is 0.201 e. The Morgan fingerprint density at radius 3 is 2.88 bits per heavy atom. The number of anilines is 1. The van der Waals surface area contributed by atoms with E-state index in [0.29, 0.717) is 6.04 Å². The molecule has 0 spiro atoms. The van der Waals surface area contributed by atoms with Crippen LogP contribution in [0.2, 0.25) is 0 Å². The van der Waals surface area contributed by atoms with Gasteiger partial charge in [0.25, 0.3) is 0 Å². The molecule has 0 bridgehead atoms. The Morgan fingerprint density at radius 2 is 2.06 bits per heavy atom. The normalized spacial score (nSPS) is 25.0. The molecule has 0 saturated heterocycles. The number of fused-ring (bicyclic) bond motifs is 1. The summed E-state index contributed by atoms with van der Waals surface area (Å²) in [5.41, 5.74) is 8.19. The zero-order chi connectivity index (χ0) is 11.7. The summed E-state index contributed by atoms with van der Waals surface area (Å²) < 4.78 is 0. The van der Waals surface area contributed by atoms with Crippen molar-refractivity contribution in [3.05, 3.63) is 24.3 Å². The predicted octanol–water partition coefficient (Wildman–Crippen LogP) is 2.24. The third-order valence-corrected chi connectivity index (χ3v) is 3.53. The Hall–Kier alpha value is -1.55. The summed E-state index contributed by atoms with van der Waals surface area (Å²) in [4.78, 5) is 7.80. The first-order valence-electron chi connectivity index (χ1n) is 6.30. The maximum absolute atomic E-state index is 6.12. The number of rotatable bonds is 2. The fraction of sp³-hybridized carbons (Fsp3) is 0.462. The van der Waals surface area contributed by atoms with E-state index in [4.69, 9.17) is 5.73 Å². The van der Waals surface area contributed by atoms with E-state index in [1.807, 2.05) is 24.3 Å². The second kappa shape index (κ2) is 4.37. The molecule has 1 aromatic carbocycles. The summed E-state index contributed by atoms with van der Waals surface area (Å²) in [6.07, 6.45) is 4.75. The van der Waals surface area contributed by atoms with E-state index in [1.165, 1.54) is 12.8 Å². The topological polar surface area (TPSA) is 66.7 Å². The quantitative estimate of drug-likeness (QED) is 0.741. The van der Waals surface area contributed by atoms with Crippen LogP contribution in [0.3, 0.4) is 0 Å². The van der Waals surface area contributed by atoms with Crippen molar-refractivity contribution in [1.82, 2.24) is 9.97 Å². The molecule has 0 amide bonds. The van der Waals surface area contributed by atoms with Gasteiger partial charge in [0.2, 0.25) is 5.95 Å². The fourth-order valence-corrected chi connectivity index (χ4v) is 2.54. The molecule has 4 nitrogen and oxygen atoms in total. The maximum atomic E-state index is 6.12. The van der Waals surface area contributed by atoms with E-state index >= 15 is 0 Å². The minimum atomic E-state index is 0.247. The van der Waals surface area contributed by atoms with E-state index in [2.05, 4.69) is 15.3 Å². The van der Waals surface area contributed by atoms with Crippen molar-refractivity contribution in [3.8, 4) is 0 Å². The number of nitrogens with zero attached hydrogens (tertiary/aromatic N) is 1. The zero-order valence-corrected chi connectivity index (χ0v) is 9.82. The van der Waals surface area contributed by atoms with Crippen LogP contribution in [0.4, 0.5) is 5.95 Å². The highest BCUT2D eigenvalue weighted by Crippen LogP contribution is 2.21. The molecule has 1 aromatic heterocycles. The van der Waals surface area contributed by atoms with Gasteiger partial charge in [-0.15, -0.1) is 0 Å². The minimum Gasteiger partial charge on any atom is -0.352 e. The van der Waals surface area contributed by atoms with Crippen molar-refractivity contribution in [1.29, 1.82) is 0 Å². The van der Waals surface area contributed by atoms with Gasteiger partial charge in [-0.2, -0.15) is 0 Å². The standard InChI is InChI=1S/C13H18N4/c14-9-5-1-2-6-10(9)15-13-16-11-7-3-4-8-12(11)17-13/h3-4,7-10H,1-2,5-6,14H2,(H2,15,16,17)/t9-,10+/m0/s1. The number of nitrogens with one attached hydrogen (secondary N) is 2. The summed E-state index contributed by atoms with van der Waals surface area (Å²) in [5.74, 6) is 0.841. The molecule has 0 aliphatic heterocycles. The van der Waals surface area contributed by atoms with Crippen molar-refractivity contribution in [3.63, 3.8) is 0 Å². The van der Waals surface area contributed by atoms with Gasteiger partial charge in [-0.25, -0.2) is 4.98 Å². The molecule has 90 valence electrons. The van der Waals surface area contributed by atoms with Crippen LogP contribution in [0.25, 0.3) is 11.0 Å². The van der Waals surface area contributed by atoms with Crippen molar-refractivity contribution in [2.45, 2.75) is 37.8 Å². The van der Waals surface area contributed by atoms with Gasteiger partial charge in [-0.3, -0.25) is 0 Å². The molecular formula is C13H18N4. The number of hydrogen-bond donors (Lipinski definition) is 3. The van der Waals surface area contributed by atoms with Crippen LogP contribution in [-0.4, -0.2) is 22.1 Å². The SMILES string of the molecule is N[C@H]1CCCC[C@H]1Nc1nc2ccccc2[nH]1. The molecule has 17 heavy (non-hydrogen) atoms. The summed E-state index contributed by atoms with van der Waals surface area (Å²) in [5, 5.41) is 3.43. The second-order valence-corrected chi connectivity index (χ2v) is 4.80. The van der Waals surface area contributed by atoms with Crippen molar-refractivity contribution in [2.75, 3.05) is 5.32 Å². The second-order valence-electron chi connectivity index (χ2n) is 4.80. The van der Waals surface area contributed by atoms with E-state index < -0.39 is 0 Å². The summed E-state index contributed by atoms with van der Waals surface area (Å²) in [7, 11) is 0. The van der Waals surface area contributed by atoms with Gasteiger partial charge < -0.3 is 16.0 Å². The van der Waals surface area contributed by atoms with Crippen molar-refractivity contribution < 1.29 is 0 Å². The number of imidazole rings is 1. The van der Waals surface area contributed by atoms with Gasteiger partial charge in [-0.1, -0.05) is 25.0 Å². The van der Waals surface area contributed by atoms with Gasteiger partial charge in [0.1, 0.15) is 0 Å². The number of aromatic nitrogens is 2. The Labute approximate surface area is 101 Å². The van der Waals surface area contributed by atoms with Crippen LogP contribution in [-0.2, 0) is 0 Å². The molecule has 1 saturated carbocycles. The Balaban J connectivity index is 1.79. The van der Waals surface area contributed by atoms with E-state index in [-0.39, 0.29) is 6.04 Å². The van der Waals surface area contributed by atoms with Crippen LogP contribution >= 0.6 is 0 Å². The van der Waals surface area contributed by atoms with Gasteiger partial charge in [-0.05, 0) is 25.0 Å². The molecule has 2 aromatic rings. The number of para-hydroxylation sites is 2. The highest BCUT2D eigenvalue weighted by molar-refractivity contribution is 5.77. The summed E-state index contributed by atoms with van der Waals surface area (Å²) in [6, 6.07) is 8.66. The average molecular weight is 230 g/mol. The summed E-state index contributed by atoms with van der Waals surface area (Å²) >= 11 is 0. The average Bonchev–Trinajstić information content (AvgIpc) is 2.74. The fourth-order valence-electron chi connectivity index (χ4n) is 2.54. The molecule has 4 N–H and O–H groups in total.